The molecular formula is C28H35N5O5. The first-order chi connectivity index (χ1) is 18.2. The summed E-state index contributed by atoms with van der Waals surface area (Å²) in [5, 5.41) is 18.4. The van der Waals surface area contributed by atoms with Crippen molar-refractivity contribution in [2.75, 3.05) is 6.54 Å². The van der Waals surface area contributed by atoms with Crippen molar-refractivity contribution in [2.24, 2.45) is 11.7 Å². The highest BCUT2D eigenvalue weighted by molar-refractivity contribution is 5.93. The van der Waals surface area contributed by atoms with Crippen molar-refractivity contribution in [1.29, 1.82) is 0 Å². The number of benzene rings is 2. The van der Waals surface area contributed by atoms with Crippen LogP contribution in [0.5, 0.6) is 0 Å². The number of carbonyl (C=O) groups excluding carboxylic acids is 3. The van der Waals surface area contributed by atoms with E-state index in [1.807, 2.05) is 61.5 Å². The lowest BCUT2D eigenvalue weighted by Gasteiger charge is -2.25. The van der Waals surface area contributed by atoms with Gasteiger partial charge in [0, 0.05) is 23.5 Å². The Morgan fingerprint density at radius 3 is 2.32 bits per heavy atom. The number of aromatic amines is 1. The van der Waals surface area contributed by atoms with Gasteiger partial charge in [0.2, 0.25) is 17.7 Å². The molecule has 4 unspecified atom stereocenters. The van der Waals surface area contributed by atoms with E-state index in [1.165, 1.54) is 0 Å². The third-order valence-electron chi connectivity index (χ3n) is 6.58. The Morgan fingerprint density at radius 2 is 1.63 bits per heavy atom. The second kappa shape index (κ2) is 13.4. The molecule has 3 amide bonds. The van der Waals surface area contributed by atoms with Gasteiger partial charge in [-0.05, 0) is 29.5 Å². The molecule has 10 heteroatoms. The average Bonchev–Trinajstić information content (AvgIpc) is 3.32. The molecule has 3 aromatic rings. The molecule has 0 radical (unpaired) electrons. The molecule has 0 aliphatic rings. The molecule has 4 atom stereocenters. The fourth-order valence-electron chi connectivity index (χ4n) is 4.17. The van der Waals surface area contributed by atoms with Crippen LogP contribution in [0, 0.1) is 5.92 Å². The van der Waals surface area contributed by atoms with Gasteiger partial charge in [0.25, 0.3) is 0 Å². The number of carbonyl (C=O) groups is 4. The Bertz CT molecular complexity index is 1260. The van der Waals surface area contributed by atoms with E-state index in [1.54, 1.807) is 13.1 Å². The molecule has 38 heavy (non-hydrogen) atoms. The number of nitrogens with two attached hydrogens (primary N) is 1. The van der Waals surface area contributed by atoms with Crippen LogP contribution in [0.25, 0.3) is 10.9 Å². The van der Waals surface area contributed by atoms with Crippen LogP contribution in [0.3, 0.4) is 0 Å². The van der Waals surface area contributed by atoms with Gasteiger partial charge in [-0.1, -0.05) is 68.8 Å². The lowest BCUT2D eigenvalue weighted by Crippen LogP contribution is -2.56. The van der Waals surface area contributed by atoms with Crippen LogP contribution in [0.15, 0.2) is 60.8 Å². The van der Waals surface area contributed by atoms with Crippen molar-refractivity contribution in [3.8, 4) is 0 Å². The van der Waals surface area contributed by atoms with Gasteiger partial charge in [0.15, 0.2) is 0 Å². The first-order valence-electron chi connectivity index (χ1n) is 12.6. The van der Waals surface area contributed by atoms with E-state index in [-0.39, 0.29) is 18.9 Å². The largest absolute Gasteiger partial charge is 0.480 e. The molecule has 10 nitrogen and oxygen atoms in total. The van der Waals surface area contributed by atoms with Gasteiger partial charge in [0.1, 0.15) is 12.1 Å². The number of rotatable bonds is 13. The third kappa shape index (κ3) is 7.66. The van der Waals surface area contributed by atoms with E-state index >= 15 is 0 Å². The van der Waals surface area contributed by atoms with Crippen molar-refractivity contribution in [1.82, 2.24) is 20.9 Å². The molecule has 1 aromatic heterocycles. The van der Waals surface area contributed by atoms with Crippen LogP contribution in [0.1, 0.15) is 31.4 Å². The molecule has 0 bridgehead atoms. The number of aromatic nitrogens is 1. The number of hydrogen-bond donors (Lipinski definition) is 6. The lowest BCUT2D eigenvalue weighted by molar-refractivity contribution is -0.142. The fourth-order valence-corrected chi connectivity index (χ4v) is 4.17. The number of fused-ring (bicyclic) bond motifs is 1. The summed E-state index contributed by atoms with van der Waals surface area (Å²) in [6.45, 7) is 3.29. The molecule has 0 saturated heterocycles. The smallest absolute Gasteiger partial charge is 0.326 e. The molecule has 7 N–H and O–H groups in total. The Hall–Kier alpha value is -4.18. The van der Waals surface area contributed by atoms with Gasteiger partial charge in [-0.2, -0.15) is 0 Å². The zero-order valence-electron chi connectivity index (χ0n) is 21.6. The zero-order chi connectivity index (χ0) is 27.7. The monoisotopic (exact) mass is 521 g/mol. The number of aliphatic carboxylic acids is 1. The van der Waals surface area contributed by atoms with Gasteiger partial charge in [-0.25, -0.2) is 4.79 Å². The molecule has 2 aromatic carbocycles. The van der Waals surface area contributed by atoms with Gasteiger partial charge >= 0.3 is 5.97 Å². The number of nitrogens with one attached hydrogen (secondary N) is 4. The van der Waals surface area contributed by atoms with Crippen molar-refractivity contribution in [3.05, 3.63) is 71.9 Å². The quantitative estimate of drug-likeness (QED) is 0.199. The molecule has 0 aliphatic heterocycles. The molecule has 0 fully saturated rings. The van der Waals surface area contributed by atoms with Gasteiger partial charge in [-0.3, -0.25) is 14.4 Å². The summed E-state index contributed by atoms with van der Waals surface area (Å²) in [5.74, 6) is -3.13. The number of hydrogen-bond acceptors (Lipinski definition) is 5. The van der Waals surface area contributed by atoms with Gasteiger partial charge in [-0.15, -0.1) is 0 Å². The highest BCUT2D eigenvalue weighted by Gasteiger charge is 2.30. The summed E-state index contributed by atoms with van der Waals surface area (Å²) in [5.41, 5.74) is 8.48. The predicted molar refractivity (Wildman–Crippen MR) is 144 cm³/mol. The highest BCUT2D eigenvalue weighted by atomic mass is 16.4. The topological polar surface area (TPSA) is 166 Å². The van der Waals surface area contributed by atoms with Crippen LogP contribution in [0.2, 0.25) is 0 Å². The first-order valence-corrected chi connectivity index (χ1v) is 12.6. The summed E-state index contributed by atoms with van der Waals surface area (Å²) in [7, 11) is 0. The maximum Gasteiger partial charge on any atom is 0.326 e. The summed E-state index contributed by atoms with van der Waals surface area (Å²) in [4.78, 5) is 53.2. The van der Waals surface area contributed by atoms with Crippen LogP contribution in [-0.2, 0) is 32.0 Å². The van der Waals surface area contributed by atoms with E-state index in [4.69, 9.17) is 5.73 Å². The SMILES string of the molecule is CCC(C)C(NC(=O)CNC(=O)C(N)Cc1ccccc1)C(=O)NC(Cc1c[nH]c2ccccc12)C(=O)O. The molecule has 3 rings (SSSR count). The number of carboxylic acid groups (broad SMARTS) is 1. The number of amides is 3. The average molecular weight is 522 g/mol. The van der Waals surface area contributed by atoms with E-state index in [9.17, 15) is 24.3 Å². The normalized spacial score (nSPS) is 14.2. The second-order valence-electron chi connectivity index (χ2n) is 9.41. The Morgan fingerprint density at radius 1 is 0.947 bits per heavy atom. The van der Waals surface area contributed by atoms with Crippen molar-refractivity contribution < 1.29 is 24.3 Å². The molecule has 0 saturated carbocycles. The Labute approximate surface area is 221 Å². The Balaban J connectivity index is 1.59. The summed E-state index contributed by atoms with van der Waals surface area (Å²) >= 11 is 0. The molecular weight excluding hydrogens is 486 g/mol. The van der Waals surface area contributed by atoms with E-state index < -0.39 is 41.8 Å². The molecule has 0 aliphatic carbocycles. The van der Waals surface area contributed by atoms with Crippen LogP contribution in [-0.4, -0.2) is 58.5 Å². The maximum absolute atomic E-state index is 13.1. The first kappa shape index (κ1) is 28.4. The highest BCUT2D eigenvalue weighted by Crippen LogP contribution is 2.19. The van der Waals surface area contributed by atoms with Crippen LogP contribution in [0.4, 0.5) is 0 Å². The van der Waals surface area contributed by atoms with E-state index in [0.29, 0.717) is 12.8 Å². The van der Waals surface area contributed by atoms with Gasteiger partial charge in [0.05, 0.1) is 12.6 Å². The predicted octanol–water partition coefficient (Wildman–Crippen LogP) is 1.50. The zero-order valence-corrected chi connectivity index (χ0v) is 21.6. The van der Waals surface area contributed by atoms with Crippen LogP contribution < -0.4 is 21.7 Å². The fraction of sp³-hybridized carbons (Fsp3) is 0.357. The lowest BCUT2D eigenvalue weighted by atomic mass is 9.97. The van der Waals surface area contributed by atoms with Crippen molar-refractivity contribution >= 4 is 34.6 Å². The van der Waals surface area contributed by atoms with Crippen molar-refractivity contribution in [3.63, 3.8) is 0 Å². The minimum Gasteiger partial charge on any atom is -0.480 e. The third-order valence-corrected chi connectivity index (χ3v) is 6.58. The second-order valence-corrected chi connectivity index (χ2v) is 9.41. The van der Waals surface area contributed by atoms with Gasteiger partial charge < -0.3 is 31.8 Å². The number of carboxylic acids is 1. The number of H-pyrrole nitrogens is 1. The van der Waals surface area contributed by atoms with Crippen LogP contribution >= 0.6 is 0 Å². The molecule has 0 spiro atoms. The molecule has 202 valence electrons. The summed E-state index contributed by atoms with van der Waals surface area (Å²) in [6.07, 6.45) is 2.68. The summed E-state index contributed by atoms with van der Waals surface area (Å²) < 4.78 is 0. The maximum atomic E-state index is 13.1. The van der Waals surface area contributed by atoms with E-state index in [2.05, 4.69) is 20.9 Å². The standard InChI is InChI=1S/C28H35N5O5/c1-3-17(2)25(33-24(34)16-31-26(35)21(29)13-18-9-5-4-6-10-18)27(36)32-23(28(37)38)14-19-15-30-22-12-8-7-11-20(19)22/h4-12,15,17,21,23,25,30H,3,13-14,16,29H2,1-2H3,(H,31,35)(H,32,36)(H,33,34)(H,37,38). The minimum atomic E-state index is -1.19. The minimum absolute atomic E-state index is 0.0711. The number of para-hydroxylation sites is 1. The summed E-state index contributed by atoms with van der Waals surface area (Å²) in [6, 6.07) is 13.8. The Kier molecular flexibility index (Phi) is 10.0. The molecule has 1 heterocycles. The van der Waals surface area contributed by atoms with Crippen molar-refractivity contribution in [2.45, 2.75) is 51.2 Å². The van der Waals surface area contributed by atoms with E-state index in [0.717, 1.165) is 22.0 Å².